The van der Waals surface area contributed by atoms with Crippen LogP contribution in [0.4, 0.5) is 0 Å². The van der Waals surface area contributed by atoms with Crippen LogP contribution in [-0.4, -0.2) is 60.5 Å². The number of benzene rings is 1. The summed E-state index contributed by atoms with van der Waals surface area (Å²) in [4.78, 5) is 6.82. The van der Waals surface area contributed by atoms with E-state index in [0.29, 0.717) is 6.54 Å². The molecule has 7 heteroatoms. The molecule has 140 valence electrons. The second-order valence-corrected chi connectivity index (χ2v) is 6.33. The molecule has 1 aliphatic rings. The third-order valence-electron chi connectivity index (χ3n) is 4.72. The van der Waals surface area contributed by atoms with Crippen molar-refractivity contribution in [3.63, 3.8) is 0 Å². The summed E-state index contributed by atoms with van der Waals surface area (Å²) in [5.74, 6) is 0.792. The van der Waals surface area contributed by atoms with Gasteiger partial charge in [0.25, 0.3) is 0 Å². The van der Waals surface area contributed by atoms with Gasteiger partial charge in [-0.15, -0.1) is 0 Å². The van der Waals surface area contributed by atoms with Gasteiger partial charge < -0.3 is 15.4 Å². The van der Waals surface area contributed by atoms with Gasteiger partial charge in [0.15, 0.2) is 5.96 Å². The van der Waals surface area contributed by atoms with E-state index in [-0.39, 0.29) is 6.04 Å². The number of hydrogen-bond acceptors (Lipinski definition) is 4. The van der Waals surface area contributed by atoms with Gasteiger partial charge in [-0.2, -0.15) is 5.10 Å². The summed E-state index contributed by atoms with van der Waals surface area (Å²) in [7, 11) is 3.74. The number of morpholine rings is 1. The fourth-order valence-corrected chi connectivity index (χ4v) is 3.19. The Labute approximate surface area is 155 Å². The lowest BCUT2D eigenvalue weighted by Gasteiger charge is -2.35. The maximum atomic E-state index is 5.52. The Balaban J connectivity index is 1.61. The van der Waals surface area contributed by atoms with Crippen molar-refractivity contribution in [1.29, 1.82) is 0 Å². The quantitative estimate of drug-likeness (QED) is 0.601. The molecule has 1 unspecified atom stereocenters. The molecule has 0 bridgehead atoms. The van der Waals surface area contributed by atoms with Gasteiger partial charge in [-0.1, -0.05) is 30.3 Å². The first-order valence-corrected chi connectivity index (χ1v) is 9.06. The molecule has 7 nitrogen and oxygen atoms in total. The topological polar surface area (TPSA) is 66.7 Å². The molecule has 1 aromatic carbocycles. The van der Waals surface area contributed by atoms with Crippen LogP contribution < -0.4 is 10.6 Å². The van der Waals surface area contributed by atoms with Crippen LogP contribution >= 0.6 is 0 Å². The van der Waals surface area contributed by atoms with Crippen molar-refractivity contribution in [2.24, 2.45) is 12.0 Å². The van der Waals surface area contributed by atoms with E-state index in [1.54, 1.807) is 13.2 Å². The van der Waals surface area contributed by atoms with Gasteiger partial charge in [-0.05, 0) is 11.6 Å². The molecular weight excluding hydrogens is 328 g/mol. The van der Waals surface area contributed by atoms with Crippen LogP contribution in [0.2, 0.25) is 0 Å². The number of aryl methyl sites for hydroxylation is 1. The van der Waals surface area contributed by atoms with Crippen LogP contribution in [0.3, 0.4) is 0 Å². The first-order chi connectivity index (χ1) is 12.8. The number of aromatic nitrogens is 2. The molecule has 0 spiro atoms. The summed E-state index contributed by atoms with van der Waals surface area (Å²) in [6, 6.07) is 12.9. The molecular formula is C19H28N6O. The molecule has 2 aromatic rings. The number of rotatable bonds is 6. The van der Waals surface area contributed by atoms with Crippen LogP contribution in [0.25, 0.3) is 0 Å². The lowest BCUT2D eigenvalue weighted by atomic mass is 10.0. The summed E-state index contributed by atoms with van der Waals surface area (Å²) in [6.45, 7) is 4.94. The zero-order valence-electron chi connectivity index (χ0n) is 15.6. The van der Waals surface area contributed by atoms with Crippen molar-refractivity contribution >= 4 is 5.96 Å². The average molecular weight is 356 g/mol. The Morgan fingerprint density at radius 1 is 1.19 bits per heavy atom. The Morgan fingerprint density at radius 3 is 2.62 bits per heavy atom. The summed E-state index contributed by atoms with van der Waals surface area (Å²) in [5, 5.41) is 11.0. The highest BCUT2D eigenvalue weighted by molar-refractivity contribution is 5.79. The van der Waals surface area contributed by atoms with Gasteiger partial charge in [-0.25, -0.2) is 0 Å². The third-order valence-corrected chi connectivity index (χ3v) is 4.72. The molecule has 1 aliphatic heterocycles. The van der Waals surface area contributed by atoms with E-state index >= 15 is 0 Å². The minimum absolute atomic E-state index is 0.287. The van der Waals surface area contributed by atoms with Crippen molar-refractivity contribution < 1.29 is 4.74 Å². The van der Waals surface area contributed by atoms with Gasteiger partial charge >= 0.3 is 0 Å². The molecule has 0 saturated carbocycles. The van der Waals surface area contributed by atoms with Gasteiger partial charge in [0.2, 0.25) is 0 Å². The predicted molar refractivity (Wildman–Crippen MR) is 103 cm³/mol. The number of guanidine groups is 1. The normalized spacial score (nSPS) is 17.1. The van der Waals surface area contributed by atoms with Gasteiger partial charge in [-0.3, -0.25) is 14.6 Å². The predicted octanol–water partition coefficient (Wildman–Crippen LogP) is 1.16. The molecule has 2 heterocycles. The van der Waals surface area contributed by atoms with E-state index in [0.717, 1.165) is 44.5 Å². The van der Waals surface area contributed by atoms with E-state index in [4.69, 9.17) is 4.74 Å². The van der Waals surface area contributed by atoms with E-state index in [1.807, 2.05) is 17.8 Å². The molecule has 3 rings (SSSR count). The zero-order chi connectivity index (χ0) is 18.2. The zero-order valence-corrected chi connectivity index (χ0v) is 15.6. The largest absolute Gasteiger partial charge is 0.379 e. The second-order valence-electron chi connectivity index (χ2n) is 6.33. The Morgan fingerprint density at radius 2 is 1.96 bits per heavy atom. The number of aliphatic imine (C=N–C) groups is 1. The van der Waals surface area contributed by atoms with Crippen LogP contribution in [0.1, 0.15) is 17.3 Å². The maximum Gasteiger partial charge on any atom is 0.191 e. The number of ether oxygens (including phenoxy) is 1. The van der Waals surface area contributed by atoms with Crippen LogP contribution in [-0.2, 0) is 18.3 Å². The molecule has 1 saturated heterocycles. The summed E-state index contributed by atoms with van der Waals surface area (Å²) in [6.07, 6.45) is 1.80. The maximum absolute atomic E-state index is 5.52. The SMILES string of the molecule is CN=C(NCc1ccnn1C)NCC(c1ccccc1)N1CCOCC1. The van der Waals surface area contributed by atoms with E-state index in [1.165, 1.54) is 5.56 Å². The molecule has 26 heavy (non-hydrogen) atoms. The number of hydrogen-bond donors (Lipinski definition) is 2. The van der Waals surface area contributed by atoms with Crippen LogP contribution in [0.5, 0.6) is 0 Å². The molecule has 0 aliphatic carbocycles. The minimum atomic E-state index is 0.287. The van der Waals surface area contributed by atoms with E-state index < -0.39 is 0 Å². The Hall–Kier alpha value is -2.38. The van der Waals surface area contributed by atoms with E-state index in [2.05, 4.69) is 56.0 Å². The highest BCUT2D eigenvalue weighted by Gasteiger charge is 2.22. The molecule has 0 radical (unpaired) electrons. The van der Waals surface area contributed by atoms with Gasteiger partial charge in [0, 0.05) is 39.9 Å². The van der Waals surface area contributed by atoms with E-state index in [9.17, 15) is 0 Å². The molecule has 1 atom stereocenters. The highest BCUT2D eigenvalue weighted by Crippen LogP contribution is 2.20. The first kappa shape index (κ1) is 18.4. The molecule has 2 N–H and O–H groups in total. The van der Waals surface area contributed by atoms with Crippen molar-refractivity contribution in [2.45, 2.75) is 12.6 Å². The van der Waals surface area contributed by atoms with Crippen LogP contribution in [0, 0.1) is 0 Å². The number of nitrogens with zero attached hydrogens (tertiary/aromatic N) is 4. The smallest absolute Gasteiger partial charge is 0.191 e. The highest BCUT2D eigenvalue weighted by atomic mass is 16.5. The number of nitrogens with one attached hydrogen (secondary N) is 2. The standard InChI is InChI=1S/C19H28N6O/c1-20-19(21-14-17-8-9-23-24(17)2)22-15-18(16-6-4-3-5-7-16)25-10-12-26-13-11-25/h3-9,18H,10-15H2,1-2H3,(H2,20,21,22). The second kappa shape index (κ2) is 9.35. The summed E-state index contributed by atoms with van der Waals surface area (Å²) in [5.41, 5.74) is 2.42. The van der Waals surface area contributed by atoms with Crippen molar-refractivity contribution in [3.05, 3.63) is 53.9 Å². The lowest BCUT2D eigenvalue weighted by molar-refractivity contribution is 0.0170. The summed E-state index contributed by atoms with van der Waals surface area (Å²) >= 11 is 0. The summed E-state index contributed by atoms with van der Waals surface area (Å²) < 4.78 is 7.38. The van der Waals surface area contributed by atoms with Crippen molar-refractivity contribution in [2.75, 3.05) is 39.9 Å². The molecule has 1 aromatic heterocycles. The fraction of sp³-hybridized carbons (Fsp3) is 0.474. The minimum Gasteiger partial charge on any atom is -0.379 e. The Bertz CT molecular complexity index is 693. The molecule has 1 fully saturated rings. The van der Waals surface area contributed by atoms with Gasteiger partial charge in [0.05, 0.1) is 31.5 Å². The molecule has 0 amide bonds. The first-order valence-electron chi connectivity index (χ1n) is 9.06. The third kappa shape index (κ3) is 4.83. The van der Waals surface area contributed by atoms with Crippen molar-refractivity contribution in [1.82, 2.24) is 25.3 Å². The monoisotopic (exact) mass is 356 g/mol. The average Bonchev–Trinajstić information content (AvgIpc) is 3.11. The fourth-order valence-electron chi connectivity index (χ4n) is 3.19. The lowest BCUT2D eigenvalue weighted by Crippen LogP contribution is -2.46. The Kier molecular flexibility index (Phi) is 6.62. The van der Waals surface area contributed by atoms with Crippen molar-refractivity contribution in [3.8, 4) is 0 Å². The van der Waals surface area contributed by atoms with Crippen LogP contribution in [0.15, 0.2) is 47.6 Å². The van der Waals surface area contributed by atoms with Gasteiger partial charge in [0.1, 0.15) is 0 Å².